The van der Waals surface area contributed by atoms with E-state index in [0.717, 1.165) is 19.5 Å². The lowest BCUT2D eigenvalue weighted by molar-refractivity contribution is 0.259. The van der Waals surface area contributed by atoms with E-state index in [1.807, 2.05) is 7.05 Å². The number of sulfone groups is 1. The molecule has 0 aliphatic carbocycles. The van der Waals surface area contributed by atoms with Gasteiger partial charge in [-0.2, -0.15) is 0 Å². The van der Waals surface area contributed by atoms with Crippen LogP contribution in [0.25, 0.3) is 0 Å². The molecule has 1 fully saturated rings. The molecule has 1 aliphatic rings. The summed E-state index contributed by atoms with van der Waals surface area (Å²) >= 11 is 1.76. The smallest absolute Gasteiger partial charge is 0.151 e. The normalized spacial score (nSPS) is 23.8. The first-order valence-corrected chi connectivity index (χ1v) is 9.35. The van der Waals surface area contributed by atoms with Crippen molar-refractivity contribution in [2.45, 2.75) is 25.4 Å². The maximum atomic E-state index is 11.4. The third-order valence-corrected chi connectivity index (χ3v) is 6.52. The van der Waals surface area contributed by atoms with Crippen LogP contribution in [0, 0.1) is 0 Å². The Morgan fingerprint density at radius 3 is 2.95 bits per heavy atom. The van der Waals surface area contributed by atoms with Crippen molar-refractivity contribution in [1.29, 1.82) is 0 Å². The van der Waals surface area contributed by atoms with E-state index < -0.39 is 9.84 Å². The van der Waals surface area contributed by atoms with Gasteiger partial charge in [0.2, 0.25) is 0 Å². The number of rotatable bonds is 6. The SMILES string of the molecule is CC(NCCN(C)C1CCS(=O)(=O)C1)c1cccs1. The standard InChI is InChI=1S/C13H22N2O2S2/c1-11(13-4-3-8-18-13)14-6-7-15(2)12-5-9-19(16,17)10-12/h3-4,8,11-12,14H,5-7,9-10H2,1-2H3. The molecule has 2 heterocycles. The molecule has 6 heteroatoms. The summed E-state index contributed by atoms with van der Waals surface area (Å²) in [5.74, 6) is 0.672. The zero-order valence-electron chi connectivity index (χ0n) is 11.5. The van der Waals surface area contributed by atoms with Crippen molar-refractivity contribution in [3.8, 4) is 0 Å². The Bertz CT molecular complexity index is 485. The number of likely N-dealkylation sites (N-methyl/N-ethyl adjacent to an activating group) is 1. The van der Waals surface area contributed by atoms with E-state index in [2.05, 4.69) is 34.7 Å². The van der Waals surface area contributed by atoms with E-state index >= 15 is 0 Å². The summed E-state index contributed by atoms with van der Waals surface area (Å²) in [6.45, 7) is 3.92. The van der Waals surface area contributed by atoms with Crippen LogP contribution in [0.4, 0.5) is 0 Å². The maximum Gasteiger partial charge on any atom is 0.151 e. The Hall–Kier alpha value is -0.430. The highest BCUT2D eigenvalue weighted by atomic mass is 32.2. The molecule has 1 saturated heterocycles. The average molecular weight is 302 g/mol. The van der Waals surface area contributed by atoms with Crippen molar-refractivity contribution in [2.24, 2.45) is 0 Å². The maximum absolute atomic E-state index is 11.4. The minimum atomic E-state index is -2.78. The van der Waals surface area contributed by atoms with Crippen LogP contribution in [0.1, 0.15) is 24.3 Å². The quantitative estimate of drug-likeness (QED) is 0.865. The minimum absolute atomic E-state index is 0.198. The molecule has 1 aromatic heterocycles. The zero-order chi connectivity index (χ0) is 13.9. The molecule has 0 bridgehead atoms. The Morgan fingerprint density at radius 2 is 2.37 bits per heavy atom. The molecule has 19 heavy (non-hydrogen) atoms. The highest BCUT2D eigenvalue weighted by Crippen LogP contribution is 2.18. The summed E-state index contributed by atoms with van der Waals surface area (Å²) in [5.41, 5.74) is 0. The zero-order valence-corrected chi connectivity index (χ0v) is 13.1. The van der Waals surface area contributed by atoms with Crippen LogP contribution in [-0.2, 0) is 9.84 Å². The summed E-state index contributed by atoms with van der Waals surface area (Å²) in [5, 5.41) is 5.57. The van der Waals surface area contributed by atoms with E-state index in [4.69, 9.17) is 0 Å². The molecule has 0 saturated carbocycles. The van der Waals surface area contributed by atoms with Gasteiger partial charge >= 0.3 is 0 Å². The predicted molar refractivity (Wildman–Crippen MR) is 80.4 cm³/mol. The third kappa shape index (κ3) is 4.27. The minimum Gasteiger partial charge on any atom is -0.308 e. The number of hydrogen-bond donors (Lipinski definition) is 1. The number of hydrogen-bond acceptors (Lipinski definition) is 5. The van der Waals surface area contributed by atoms with Crippen molar-refractivity contribution in [3.63, 3.8) is 0 Å². The second kappa shape index (κ2) is 6.35. The molecule has 4 nitrogen and oxygen atoms in total. The third-order valence-electron chi connectivity index (χ3n) is 3.72. The summed E-state index contributed by atoms with van der Waals surface area (Å²) in [4.78, 5) is 3.50. The molecule has 1 aliphatic heterocycles. The predicted octanol–water partition coefficient (Wildman–Crippen LogP) is 1.52. The average Bonchev–Trinajstić information content (AvgIpc) is 2.97. The number of nitrogens with zero attached hydrogens (tertiary/aromatic N) is 1. The lowest BCUT2D eigenvalue weighted by Crippen LogP contribution is -2.38. The van der Waals surface area contributed by atoms with Gasteiger partial charge in [-0.15, -0.1) is 11.3 Å². The molecule has 1 N–H and O–H groups in total. The van der Waals surface area contributed by atoms with Crippen LogP contribution in [0.5, 0.6) is 0 Å². The summed E-state index contributed by atoms with van der Waals surface area (Å²) in [7, 11) is -0.761. The van der Waals surface area contributed by atoms with Crippen LogP contribution in [0.2, 0.25) is 0 Å². The van der Waals surface area contributed by atoms with Gasteiger partial charge in [0.1, 0.15) is 0 Å². The van der Waals surface area contributed by atoms with Crippen LogP contribution in [-0.4, -0.2) is 51.0 Å². The van der Waals surface area contributed by atoms with Gasteiger partial charge in [-0.1, -0.05) is 6.07 Å². The van der Waals surface area contributed by atoms with Crippen molar-refractivity contribution in [1.82, 2.24) is 10.2 Å². The topological polar surface area (TPSA) is 49.4 Å². The highest BCUT2D eigenvalue weighted by Gasteiger charge is 2.30. The van der Waals surface area contributed by atoms with E-state index in [1.54, 1.807) is 11.3 Å². The van der Waals surface area contributed by atoms with Gasteiger partial charge in [0.05, 0.1) is 11.5 Å². The van der Waals surface area contributed by atoms with Gasteiger partial charge in [0.25, 0.3) is 0 Å². The fourth-order valence-electron chi connectivity index (χ4n) is 2.40. The van der Waals surface area contributed by atoms with Gasteiger partial charge in [0.15, 0.2) is 9.84 Å². The fourth-order valence-corrected chi connectivity index (χ4v) is 4.97. The van der Waals surface area contributed by atoms with Gasteiger partial charge in [-0.3, -0.25) is 0 Å². The van der Waals surface area contributed by atoms with Crippen LogP contribution < -0.4 is 5.32 Å². The second-order valence-corrected chi connectivity index (χ2v) is 8.44. The van der Waals surface area contributed by atoms with Crippen LogP contribution in [0.15, 0.2) is 17.5 Å². The largest absolute Gasteiger partial charge is 0.308 e. The first kappa shape index (κ1) is 15.0. The first-order valence-electron chi connectivity index (χ1n) is 6.65. The summed E-state index contributed by atoms with van der Waals surface area (Å²) in [6, 6.07) is 4.76. The molecule has 0 amide bonds. The molecule has 2 rings (SSSR count). The Labute approximate surface area is 119 Å². The van der Waals surface area contributed by atoms with Crippen molar-refractivity contribution >= 4 is 21.2 Å². The van der Waals surface area contributed by atoms with Crippen molar-refractivity contribution in [3.05, 3.63) is 22.4 Å². The Kier molecular flexibility index (Phi) is 5.00. The van der Waals surface area contributed by atoms with E-state index in [1.165, 1.54) is 4.88 Å². The molecule has 0 aromatic carbocycles. The van der Waals surface area contributed by atoms with Crippen molar-refractivity contribution < 1.29 is 8.42 Å². The monoisotopic (exact) mass is 302 g/mol. The van der Waals surface area contributed by atoms with Crippen LogP contribution >= 0.6 is 11.3 Å². The van der Waals surface area contributed by atoms with Gasteiger partial charge in [-0.25, -0.2) is 8.42 Å². The number of nitrogens with one attached hydrogen (secondary N) is 1. The number of thiophene rings is 1. The summed E-state index contributed by atoms with van der Waals surface area (Å²) in [6.07, 6.45) is 0.777. The summed E-state index contributed by atoms with van der Waals surface area (Å²) < 4.78 is 22.9. The van der Waals surface area contributed by atoms with E-state index in [0.29, 0.717) is 17.5 Å². The highest BCUT2D eigenvalue weighted by molar-refractivity contribution is 7.91. The molecular weight excluding hydrogens is 280 g/mol. The molecule has 0 spiro atoms. The van der Waals surface area contributed by atoms with Crippen LogP contribution in [0.3, 0.4) is 0 Å². The van der Waals surface area contributed by atoms with E-state index in [9.17, 15) is 8.42 Å². The van der Waals surface area contributed by atoms with Gasteiger partial charge < -0.3 is 10.2 Å². The van der Waals surface area contributed by atoms with Gasteiger partial charge in [0, 0.05) is 30.1 Å². The molecule has 108 valence electrons. The van der Waals surface area contributed by atoms with Crippen molar-refractivity contribution in [2.75, 3.05) is 31.6 Å². The molecule has 2 atom stereocenters. The lowest BCUT2D eigenvalue weighted by Gasteiger charge is -2.24. The Balaban J connectivity index is 1.71. The fraction of sp³-hybridized carbons (Fsp3) is 0.692. The second-order valence-electron chi connectivity index (χ2n) is 5.23. The Morgan fingerprint density at radius 1 is 1.58 bits per heavy atom. The van der Waals surface area contributed by atoms with Gasteiger partial charge in [-0.05, 0) is 31.8 Å². The van der Waals surface area contributed by atoms with E-state index in [-0.39, 0.29) is 6.04 Å². The first-order chi connectivity index (χ1) is 8.98. The molecular formula is C13H22N2O2S2. The molecule has 1 aromatic rings. The lowest BCUT2D eigenvalue weighted by atomic mass is 10.2. The molecule has 0 radical (unpaired) electrons. The molecule has 2 unspecified atom stereocenters.